The highest BCUT2D eigenvalue weighted by Gasteiger charge is 2.29. The van der Waals surface area contributed by atoms with E-state index in [4.69, 9.17) is 4.74 Å². The molecule has 0 atom stereocenters. The maximum absolute atomic E-state index is 13.1. The minimum Gasteiger partial charge on any atom is -0.494 e. The molecule has 6 nitrogen and oxygen atoms in total. The number of nitrogens with zero attached hydrogens (tertiary/aromatic N) is 2. The molecular formula is C18H28N2O4S. The summed E-state index contributed by atoms with van der Waals surface area (Å²) in [7, 11) is -3.59. The highest BCUT2D eigenvalue weighted by molar-refractivity contribution is 7.89. The third-order valence-corrected chi connectivity index (χ3v) is 6.54. The summed E-state index contributed by atoms with van der Waals surface area (Å²) in [5.41, 5.74) is 1.49. The second kappa shape index (κ2) is 8.19. The van der Waals surface area contributed by atoms with E-state index >= 15 is 0 Å². The molecule has 25 heavy (non-hydrogen) atoms. The van der Waals surface area contributed by atoms with Crippen molar-refractivity contribution < 1.29 is 17.9 Å². The van der Waals surface area contributed by atoms with Gasteiger partial charge in [-0.1, -0.05) is 6.92 Å². The first-order valence-corrected chi connectivity index (χ1v) is 10.3. The Morgan fingerprint density at radius 3 is 2.44 bits per heavy atom. The molecule has 1 saturated heterocycles. The van der Waals surface area contributed by atoms with Crippen LogP contribution in [0.4, 0.5) is 0 Å². The van der Waals surface area contributed by atoms with Gasteiger partial charge in [-0.05, 0) is 50.5 Å². The molecule has 1 heterocycles. The van der Waals surface area contributed by atoms with E-state index in [1.165, 1.54) is 4.31 Å². The summed E-state index contributed by atoms with van der Waals surface area (Å²) in [6, 6.07) is 3.48. The smallest absolute Gasteiger partial charge is 0.243 e. The molecule has 140 valence electrons. The van der Waals surface area contributed by atoms with Crippen LogP contribution in [0.15, 0.2) is 17.0 Å². The molecule has 1 amide bonds. The van der Waals surface area contributed by atoms with E-state index in [0.717, 1.165) is 11.3 Å². The molecule has 0 N–H and O–H groups in total. The maximum atomic E-state index is 13.1. The highest BCUT2D eigenvalue weighted by atomic mass is 32.2. The van der Waals surface area contributed by atoms with Gasteiger partial charge in [-0.3, -0.25) is 4.79 Å². The molecule has 1 aliphatic rings. The van der Waals surface area contributed by atoms with Crippen LogP contribution in [0.1, 0.15) is 37.8 Å². The summed E-state index contributed by atoms with van der Waals surface area (Å²) in [5.74, 6) is 0.793. The van der Waals surface area contributed by atoms with Gasteiger partial charge in [0, 0.05) is 32.6 Å². The first kappa shape index (κ1) is 19.7. The predicted octanol–water partition coefficient (Wildman–Crippen LogP) is 2.34. The fraction of sp³-hybridized carbons (Fsp3) is 0.611. The summed E-state index contributed by atoms with van der Waals surface area (Å²) in [6.45, 7) is 9.74. The fourth-order valence-electron chi connectivity index (χ4n) is 3.10. The van der Waals surface area contributed by atoms with E-state index in [1.807, 2.05) is 20.8 Å². The van der Waals surface area contributed by atoms with Gasteiger partial charge in [0.25, 0.3) is 0 Å². The second-order valence-corrected chi connectivity index (χ2v) is 8.21. The van der Waals surface area contributed by atoms with E-state index in [2.05, 4.69) is 0 Å². The van der Waals surface area contributed by atoms with Crippen molar-refractivity contribution in [3.63, 3.8) is 0 Å². The zero-order chi connectivity index (χ0) is 18.6. The average Bonchev–Trinajstić information content (AvgIpc) is 2.83. The summed E-state index contributed by atoms with van der Waals surface area (Å²) < 4.78 is 33.3. The Kier molecular flexibility index (Phi) is 6.46. The van der Waals surface area contributed by atoms with Crippen LogP contribution < -0.4 is 4.74 Å². The number of sulfonamides is 1. The lowest BCUT2D eigenvalue weighted by Gasteiger charge is -2.23. The molecule has 0 saturated carbocycles. The predicted molar refractivity (Wildman–Crippen MR) is 97.3 cm³/mol. The van der Waals surface area contributed by atoms with Gasteiger partial charge >= 0.3 is 0 Å². The lowest BCUT2D eigenvalue weighted by atomic mass is 10.1. The van der Waals surface area contributed by atoms with Crippen molar-refractivity contribution in [1.29, 1.82) is 0 Å². The van der Waals surface area contributed by atoms with E-state index < -0.39 is 10.0 Å². The molecule has 1 aromatic rings. The van der Waals surface area contributed by atoms with Crippen LogP contribution in [0.3, 0.4) is 0 Å². The van der Waals surface area contributed by atoms with Crippen molar-refractivity contribution in [3.8, 4) is 5.75 Å². The first-order chi connectivity index (χ1) is 11.8. The number of carbonyl (C=O) groups is 1. The molecule has 1 aromatic carbocycles. The quantitative estimate of drug-likeness (QED) is 0.800. The lowest BCUT2D eigenvalue weighted by molar-refractivity contribution is -0.130. The van der Waals surface area contributed by atoms with Crippen LogP contribution in [0, 0.1) is 13.8 Å². The Labute approximate surface area is 150 Å². The van der Waals surface area contributed by atoms with Crippen LogP contribution in [0.2, 0.25) is 0 Å². The monoisotopic (exact) mass is 368 g/mol. The molecule has 0 radical (unpaired) electrons. The second-order valence-electron chi connectivity index (χ2n) is 6.31. The normalized spacial score (nSPS) is 16.6. The molecule has 1 aliphatic heterocycles. The van der Waals surface area contributed by atoms with Crippen LogP contribution in [0.25, 0.3) is 0 Å². The van der Waals surface area contributed by atoms with Crippen molar-refractivity contribution in [2.75, 3.05) is 32.8 Å². The molecule has 0 unspecified atom stereocenters. The summed E-state index contributed by atoms with van der Waals surface area (Å²) in [6.07, 6.45) is 1.10. The van der Waals surface area contributed by atoms with E-state index in [1.54, 1.807) is 24.0 Å². The summed E-state index contributed by atoms with van der Waals surface area (Å²) in [4.78, 5) is 14.0. The molecule has 0 aliphatic carbocycles. The largest absolute Gasteiger partial charge is 0.494 e. The van der Waals surface area contributed by atoms with Crippen molar-refractivity contribution in [1.82, 2.24) is 9.21 Å². The zero-order valence-corrected chi connectivity index (χ0v) is 16.4. The first-order valence-electron chi connectivity index (χ1n) is 8.83. The van der Waals surface area contributed by atoms with Crippen LogP contribution >= 0.6 is 0 Å². The van der Waals surface area contributed by atoms with Gasteiger partial charge in [0.2, 0.25) is 15.9 Å². The van der Waals surface area contributed by atoms with E-state index in [0.29, 0.717) is 56.1 Å². The lowest BCUT2D eigenvalue weighted by Crippen LogP contribution is -2.37. The van der Waals surface area contributed by atoms with E-state index in [-0.39, 0.29) is 5.91 Å². The Morgan fingerprint density at radius 1 is 1.08 bits per heavy atom. The number of hydrogen-bond donors (Lipinski definition) is 0. The summed E-state index contributed by atoms with van der Waals surface area (Å²) in [5, 5.41) is 0. The number of ether oxygens (including phenoxy) is 1. The van der Waals surface area contributed by atoms with Gasteiger partial charge in [0.05, 0.1) is 11.5 Å². The van der Waals surface area contributed by atoms with Crippen molar-refractivity contribution in [3.05, 3.63) is 23.3 Å². The van der Waals surface area contributed by atoms with Gasteiger partial charge in [0.15, 0.2) is 0 Å². The van der Waals surface area contributed by atoms with Gasteiger partial charge in [0.1, 0.15) is 5.75 Å². The molecule has 2 rings (SSSR count). The number of aryl methyl sites for hydroxylation is 2. The van der Waals surface area contributed by atoms with Crippen molar-refractivity contribution in [2.45, 2.75) is 45.4 Å². The molecule has 7 heteroatoms. The van der Waals surface area contributed by atoms with Crippen LogP contribution in [0.5, 0.6) is 5.75 Å². The fourth-order valence-corrected chi connectivity index (χ4v) is 4.86. The number of hydrogen-bond acceptors (Lipinski definition) is 4. The number of rotatable bonds is 5. The Morgan fingerprint density at radius 2 is 1.80 bits per heavy atom. The third kappa shape index (κ3) is 4.33. The van der Waals surface area contributed by atoms with Crippen LogP contribution in [-0.2, 0) is 14.8 Å². The highest BCUT2D eigenvalue weighted by Crippen LogP contribution is 2.28. The van der Waals surface area contributed by atoms with Gasteiger partial charge in [-0.25, -0.2) is 8.42 Å². The number of benzene rings is 1. The van der Waals surface area contributed by atoms with Gasteiger partial charge < -0.3 is 9.64 Å². The van der Waals surface area contributed by atoms with Crippen LogP contribution in [-0.4, -0.2) is 56.3 Å². The Balaban J connectivity index is 2.27. The zero-order valence-electron chi connectivity index (χ0n) is 15.5. The van der Waals surface area contributed by atoms with Gasteiger partial charge in [-0.2, -0.15) is 4.31 Å². The van der Waals surface area contributed by atoms with Crippen molar-refractivity contribution >= 4 is 15.9 Å². The minimum atomic E-state index is -3.59. The van der Waals surface area contributed by atoms with Crippen molar-refractivity contribution in [2.24, 2.45) is 0 Å². The molecule has 0 aromatic heterocycles. The third-order valence-electron chi connectivity index (χ3n) is 4.50. The number of carbonyl (C=O) groups excluding carboxylic acids is 1. The maximum Gasteiger partial charge on any atom is 0.243 e. The topological polar surface area (TPSA) is 66.9 Å². The molecule has 0 spiro atoms. The SMILES string of the molecule is CCOc1cc(C)c(S(=O)(=O)N2CCCN(C(=O)CC)CC2)cc1C. The molecular weight excluding hydrogens is 340 g/mol. The Hall–Kier alpha value is -1.60. The Bertz CT molecular complexity index is 731. The molecule has 0 bridgehead atoms. The molecule has 1 fully saturated rings. The summed E-state index contributed by atoms with van der Waals surface area (Å²) >= 11 is 0. The van der Waals surface area contributed by atoms with E-state index in [9.17, 15) is 13.2 Å². The average molecular weight is 368 g/mol. The number of amides is 1. The van der Waals surface area contributed by atoms with Gasteiger partial charge in [-0.15, -0.1) is 0 Å². The standard InChI is InChI=1S/C18H28N2O4S/c1-5-18(21)19-8-7-9-20(11-10-19)25(22,23)17-13-14(3)16(24-6-2)12-15(17)4/h12-13H,5-11H2,1-4H3. The minimum absolute atomic E-state index is 0.0762.